The first-order valence-electron chi connectivity index (χ1n) is 9.05. The molecule has 5 heteroatoms. The third kappa shape index (κ3) is 2.10. The molecule has 4 heterocycles. The molecule has 0 unspecified atom stereocenters. The summed E-state index contributed by atoms with van der Waals surface area (Å²) in [4.78, 5) is 13.7. The number of fused-ring (bicyclic) bond motifs is 5. The van der Waals surface area contributed by atoms with Gasteiger partial charge in [-0.05, 0) is 18.2 Å². The molecule has 0 N–H and O–H groups in total. The molecule has 0 saturated heterocycles. The van der Waals surface area contributed by atoms with E-state index in [4.69, 9.17) is 9.40 Å². The zero-order valence-electron chi connectivity index (χ0n) is 14.8. The van der Waals surface area contributed by atoms with E-state index >= 15 is 0 Å². The lowest BCUT2D eigenvalue weighted by Gasteiger charge is -2.06. The molecule has 0 amide bonds. The second kappa shape index (κ2) is 5.76. The molecule has 0 atom stereocenters. The molecule has 0 radical (unpaired) electrons. The third-order valence-electron chi connectivity index (χ3n) is 5.00. The van der Waals surface area contributed by atoms with Crippen molar-refractivity contribution < 1.29 is 4.42 Å². The van der Waals surface area contributed by atoms with Gasteiger partial charge in [-0.25, -0.2) is 14.5 Å². The summed E-state index contributed by atoms with van der Waals surface area (Å²) < 4.78 is 8.17. The van der Waals surface area contributed by atoms with E-state index in [0.29, 0.717) is 5.95 Å². The van der Waals surface area contributed by atoms with E-state index in [9.17, 15) is 0 Å². The van der Waals surface area contributed by atoms with Crippen molar-refractivity contribution in [2.24, 2.45) is 0 Å². The summed E-state index contributed by atoms with van der Waals surface area (Å²) in [5.74, 6) is 0.563. The predicted molar refractivity (Wildman–Crippen MR) is 109 cm³/mol. The van der Waals surface area contributed by atoms with Crippen molar-refractivity contribution in [2.75, 3.05) is 0 Å². The number of nitrogens with zero attached hydrogens (tertiary/aromatic N) is 4. The van der Waals surface area contributed by atoms with Crippen LogP contribution in [0.2, 0.25) is 0 Å². The maximum Gasteiger partial charge on any atom is 0.237 e. The largest absolute Gasteiger partial charge is 0.439 e. The molecule has 132 valence electrons. The Balaban J connectivity index is 1.70. The van der Waals surface area contributed by atoms with E-state index in [1.807, 2.05) is 71.4 Å². The summed E-state index contributed by atoms with van der Waals surface area (Å²) in [6, 6.07) is 22.1. The van der Waals surface area contributed by atoms with Crippen LogP contribution in [0.25, 0.3) is 50.2 Å². The summed E-state index contributed by atoms with van der Waals surface area (Å²) in [5.41, 5.74) is 4.41. The number of hydrogen-bond donors (Lipinski definition) is 0. The van der Waals surface area contributed by atoms with E-state index in [2.05, 4.69) is 16.0 Å². The van der Waals surface area contributed by atoms with Crippen molar-refractivity contribution in [1.29, 1.82) is 0 Å². The SMILES string of the molecule is c1ccc(-c2ccnc(-n3c4cnccc4c4c5ccccc5oc43)n2)cc1. The number of furan rings is 1. The van der Waals surface area contributed by atoms with Crippen LogP contribution in [0.1, 0.15) is 0 Å². The van der Waals surface area contributed by atoms with E-state index < -0.39 is 0 Å². The van der Waals surface area contributed by atoms with Crippen LogP contribution in [0.5, 0.6) is 0 Å². The average molecular weight is 362 g/mol. The van der Waals surface area contributed by atoms with Crippen molar-refractivity contribution >= 4 is 33.0 Å². The lowest BCUT2D eigenvalue weighted by atomic mass is 10.1. The van der Waals surface area contributed by atoms with E-state index in [1.54, 1.807) is 12.4 Å². The highest BCUT2D eigenvalue weighted by molar-refractivity contribution is 6.19. The van der Waals surface area contributed by atoms with Crippen LogP contribution >= 0.6 is 0 Å². The highest BCUT2D eigenvalue weighted by Gasteiger charge is 2.20. The van der Waals surface area contributed by atoms with Gasteiger partial charge in [-0.2, -0.15) is 0 Å². The van der Waals surface area contributed by atoms with Crippen LogP contribution in [-0.4, -0.2) is 19.5 Å². The van der Waals surface area contributed by atoms with Gasteiger partial charge >= 0.3 is 0 Å². The van der Waals surface area contributed by atoms with Gasteiger partial charge in [0.05, 0.1) is 22.8 Å². The summed E-state index contributed by atoms with van der Waals surface area (Å²) in [7, 11) is 0. The fourth-order valence-corrected chi connectivity index (χ4v) is 3.76. The Kier molecular flexibility index (Phi) is 3.10. The predicted octanol–water partition coefficient (Wildman–Crippen LogP) is 5.38. The van der Waals surface area contributed by atoms with Crippen molar-refractivity contribution in [2.45, 2.75) is 0 Å². The van der Waals surface area contributed by atoms with Gasteiger partial charge < -0.3 is 4.42 Å². The lowest BCUT2D eigenvalue weighted by Crippen LogP contribution is -2.01. The summed E-state index contributed by atoms with van der Waals surface area (Å²) in [5, 5.41) is 3.21. The molecule has 4 aromatic heterocycles. The van der Waals surface area contributed by atoms with Crippen molar-refractivity contribution in [3.8, 4) is 17.2 Å². The Bertz CT molecular complexity index is 1460. The lowest BCUT2D eigenvalue weighted by molar-refractivity contribution is 0.641. The van der Waals surface area contributed by atoms with Crippen LogP contribution in [0.4, 0.5) is 0 Å². The second-order valence-corrected chi connectivity index (χ2v) is 6.61. The Morgan fingerprint density at radius 1 is 0.786 bits per heavy atom. The quantitative estimate of drug-likeness (QED) is 0.415. The molecule has 0 saturated carbocycles. The van der Waals surface area contributed by atoms with Gasteiger partial charge in [0.2, 0.25) is 11.7 Å². The van der Waals surface area contributed by atoms with Gasteiger partial charge in [0.15, 0.2) is 0 Å². The molecule has 5 nitrogen and oxygen atoms in total. The van der Waals surface area contributed by atoms with Crippen molar-refractivity contribution in [3.63, 3.8) is 0 Å². The van der Waals surface area contributed by atoms with E-state index in [-0.39, 0.29) is 0 Å². The number of rotatable bonds is 2. The van der Waals surface area contributed by atoms with Gasteiger partial charge in [0, 0.05) is 28.7 Å². The first-order valence-corrected chi connectivity index (χ1v) is 9.05. The molecular formula is C23H14N4O. The molecule has 0 spiro atoms. The highest BCUT2D eigenvalue weighted by atomic mass is 16.3. The number of benzene rings is 2. The standard InChI is InChI=1S/C23H14N4O/c1-2-6-15(7-3-1)18-11-13-25-23(26-18)27-19-14-24-12-10-16(19)21-17-8-4-5-9-20(17)28-22(21)27/h1-14H. The normalized spacial score (nSPS) is 11.6. The van der Waals surface area contributed by atoms with E-state index in [1.165, 1.54) is 0 Å². The fourth-order valence-electron chi connectivity index (χ4n) is 3.76. The average Bonchev–Trinajstić information content (AvgIpc) is 3.29. The molecule has 28 heavy (non-hydrogen) atoms. The van der Waals surface area contributed by atoms with Gasteiger partial charge in [-0.1, -0.05) is 48.5 Å². The highest BCUT2D eigenvalue weighted by Crippen LogP contribution is 2.37. The number of aromatic nitrogens is 4. The fraction of sp³-hybridized carbons (Fsp3) is 0. The Labute approximate surface area is 159 Å². The van der Waals surface area contributed by atoms with Gasteiger partial charge in [-0.3, -0.25) is 4.98 Å². The van der Waals surface area contributed by atoms with Gasteiger partial charge in [0.25, 0.3) is 0 Å². The Hall–Kier alpha value is -3.99. The van der Waals surface area contributed by atoms with Crippen LogP contribution < -0.4 is 0 Å². The van der Waals surface area contributed by atoms with Crippen LogP contribution in [-0.2, 0) is 0 Å². The molecule has 0 aliphatic rings. The van der Waals surface area contributed by atoms with Gasteiger partial charge in [0.1, 0.15) is 5.58 Å². The zero-order chi connectivity index (χ0) is 18.5. The molecule has 6 rings (SSSR count). The molecule has 0 aliphatic carbocycles. The van der Waals surface area contributed by atoms with Gasteiger partial charge in [-0.15, -0.1) is 0 Å². The molecule has 2 aromatic carbocycles. The maximum absolute atomic E-state index is 6.22. The Morgan fingerprint density at radius 2 is 1.64 bits per heavy atom. The minimum atomic E-state index is 0.563. The summed E-state index contributed by atoms with van der Waals surface area (Å²) >= 11 is 0. The van der Waals surface area contributed by atoms with Crippen LogP contribution in [0, 0.1) is 0 Å². The van der Waals surface area contributed by atoms with Crippen LogP contribution in [0.15, 0.2) is 89.7 Å². The monoisotopic (exact) mass is 362 g/mol. The molecule has 0 bridgehead atoms. The summed E-state index contributed by atoms with van der Waals surface area (Å²) in [6.07, 6.45) is 5.41. The Morgan fingerprint density at radius 3 is 2.57 bits per heavy atom. The van der Waals surface area contributed by atoms with Crippen LogP contribution in [0.3, 0.4) is 0 Å². The maximum atomic E-state index is 6.22. The molecule has 0 fully saturated rings. The first kappa shape index (κ1) is 15.1. The molecule has 0 aliphatic heterocycles. The van der Waals surface area contributed by atoms with E-state index in [0.717, 1.165) is 44.2 Å². The topological polar surface area (TPSA) is 56.7 Å². The zero-order valence-corrected chi connectivity index (χ0v) is 14.8. The minimum Gasteiger partial charge on any atom is -0.439 e. The molecular weight excluding hydrogens is 348 g/mol. The molecule has 6 aromatic rings. The second-order valence-electron chi connectivity index (χ2n) is 6.61. The smallest absolute Gasteiger partial charge is 0.237 e. The first-order chi connectivity index (χ1) is 13.9. The van der Waals surface area contributed by atoms with Crippen molar-refractivity contribution in [1.82, 2.24) is 19.5 Å². The van der Waals surface area contributed by atoms with Crippen molar-refractivity contribution in [3.05, 3.63) is 85.3 Å². The number of pyridine rings is 1. The minimum absolute atomic E-state index is 0.563. The number of para-hydroxylation sites is 1. The number of hydrogen-bond acceptors (Lipinski definition) is 4. The summed E-state index contributed by atoms with van der Waals surface area (Å²) in [6.45, 7) is 0. The third-order valence-corrected chi connectivity index (χ3v) is 5.00.